The molecule has 0 unspecified atom stereocenters. The molecule has 3 rings (SSSR count). The van der Waals surface area contributed by atoms with Crippen LogP contribution in [-0.2, 0) is 11.3 Å². The van der Waals surface area contributed by atoms with Crippen LogP contribution in [0, 0.1) is 0 Å². The van der Waals surface area contributed by atoms with Crippen LogP contribution < -0.4 is 4.90 Å². The molecule has 1 N–H and O–H groups in total. The van der Waals surface area contributed by atoms with Gasteiger partial charge in [-0.05, 0) is 35.4 Å². The summed E-state index contributed by atoms with van der Waals surface area (Å²) in [5.41, 5.74) is 4.26. The van der Waals surface area contributed by atoms with Crippen molar-refractivity contribution < 1.29 is 4.79 Å². The molecular formula is C21H23BrN4OS. The van der Waals surface area contributed by atoms with Gasteiger partial charge >= 0.3 is 0 Å². The lowest BCUT2D eigenvalue weighted by Crippen LogP contribution is -2.27. The Morgan fingerprint density at radius 1 is 1.07 bits per heavy atom. The highest BCUT2D eigenvalue weighted by atomic mass is 79.9. The molecule has 2 aromatic carbocycles. The van der Waals surface area contributed by atoms with Gasteiger partial charge in [-0.15, -0.1) is 0 Å². The maximum absolute atomic E-state index is 12.5. The Bertz CT molecular complexity index is 922. The van der Waals surface area contributed by atoms with E-state index in [0.29, 0.717) is 12.3 Å². The highest BCUT2D eigenvalue weighted by molar-refractivity contribution is 9.10. The van der Waals surface area contributed by atoms with Crippen LogP contribution >= 0.6 is 27.7 Å². The first-order valence-electron chi connectivity index (χ1n) is 8.86. The van der Waals surface area contributed by atoms with Crippen LogP contribution in [0.15, 0.2) is 64.4 Å². The number of nitrogens with zero attached hydrogens (tertiary/aromatic N) is 3. The first-order valence-corrected chi connectivity index (χ1v) is 10.6. The van der Waals surface area contributed by atoms with Crippen molar-refractivity contribution in [2.45, 2.75) is 11.7 Å². The molecule has 1 aromatic heterocycles. The number of thioether (sulfide) groups is 1. The van der Waals surface area contributed by atoms with Gasteiger partial charge in [0.15, 0.2) is 5.16 Å². The minimum Gasteiger partial charge on any atom is -0.378 e. The molecule has 0 spiro atoms. The zero-order chi connectivity index (χ0) is 20.1. The molecule has 3 aromatic rings. The van der Waals surface area contributed by atoms with Crippen LogP contribution in [0.25, 0.3) is 11.3 Å². The number of H-pyrrole nitrogens is 1. The van der Waals surface area contributed by atoms with Gasteiger partial charge in [-0.2, -0.15) is 0 Å². The number of halogens is 1. The van der Waals surface area contributed by atoms with Gasteiger partial charge in [0.05, 0.1) is 17.6 Å². The summed E-state index contributed by atoms with van der Waals surface area (Å²) in [6.45, 7) is 0.593. The monoisotopic (exact) mass is 458 g/mol. The zero-order valence-electron chi connectivity index (χ0n) is 16.1. The first-order chi connectivity index (χ1) is 13.4. The second kappa shape index (κ2) is 9.30. The van der Waals surface area contributed by atoms with Gasteiger partial charge in [0.1, 0.15) is 0 Å². The lowest BCUT2D eigenvalue weighted by molar-refractivity contribution is -0.127. The summed E-state index contributed by atoms with van der Waals surface area (Å²) < 4.78 is 1.04. The van der Waals surface area contributed by atoms with Gasteiger partial charge in [-0.1, -0.05) is 52.0 Å². The number of amides is 1. The van der Waals surface area contributed by atoms with Crippen LogP contribution in [0.2, 0.25) is 0 Å². The van der Waals surface area contributed by atoms with Crippen molar-refractivity contribution in [2.75, 3.05) is 31.8 Å². The number of imidazole rings is 1. The molecular weight excluding hydrogens is 436 g/mol. The summed E-state index contributed by atoms with van der Waals surface area (Å²) in [5.74, 6) is 0.419. The Morgan fingerprint density at radius 2 is 1.75 bits per heavy atom. The van der Waals surface area contributed by atoms with E-state index in [1.54, 1.807) is 11.1 Å². The summed E-state index contributed by atoms with van der Waals surface area (Å²) in [5, 5.41) is 0.745. The summed E-state index contributed by atoms with van der Waals surface area (Å²) in [6.07, 6.45) is 1.80. The number of nitrogens with one attached hydrogen (secondary N) is 1. The third kappa shape index (κ3) is 5.39. The minimum absolute atomic E-state index is 0.0725. The Labute approximate surface area is 178 Å². The number of hydrogen-bond donors (Lipinski definition) is 1. The van der Waals surface area contributed by atoms with Crippen LogP contribution in [0.5, 0.6) is 0 Å². The van der Waals surface area contributed by atoms with Gasteiger partial charge < -0.3 is 14.8 Å². The van der Waals surface area contributed by atoms with E-state index in [1.807, 2.05) is 45.4 Å². The van der Waals surface area contributed by atoms with E-state index in [0.717, 1.165) is 32.1 Å². The molecule has 0 aliphatic carbocycles. The topological polar surface area (TPSA) is 52.2 Å². The molecule has 146 valence electrons. The fourth-order valence-electron chi connectivity index (χ4n) is 2.65. The largest absolute Gasteiger partial charge is 0.378 e. The van der Waals surface area contributed by atoms with E-state index in [2.05, 4.69) is 55.1 Å². The fraction of sp³-hybridized carbons (Fsp3) is 0.238. The van der Waals surface area contributed by atoms with Crippen molar-refractivity contribution in [3.63, 3.8) is 0 Å². The maximum atomic E-state index is 12.5. The number of anilines is 1. The van der Waals surface area contributed by atoms with Crippen molar-refractivity contribution in [1.29, 1.82) is 0 Å². The van der Waals surface area contributed by atoms with Crippen molar-refractivity contribution in [3.8, 4) is 11.3 Å². The normalized spacial score (nSPS) is 10.7. The van der Waals surface area contributed by atoms with Crippen LogP contribution in [0.3, 0.4) is 0 Å². The van der Waals surface area contributed by atoms with E-state index in [1.165, 1.54) is 11.8 Å². The van der Waals surface area contributed by atoms with Crippen LogP contribution in [0.1, 0.15) is 5.56 Å². The molecule has 0 fully saturated rings. The molecule has 0 bridgehead atoms. The first kappa shape index (κ1) is 20.5. The van der Waals surface area contributed by atoms with Crippen molar-refractivity contribution >= 4 is 39.3 Å². The van der Waals surface area contributed by atoms with Gasteiger partial charge in [-0.25, -0.2) is 4.98 Å². The number of carbonyl (C=O) groups excluding carboxylic acids is 1. The minimum atomic E-state index is 0.0725. The maximum Gasteiger partial charge on any atom is 0.233 e. The van der Waals surface area contributed by atoms with Crippen molar-refractivity contribution in [2.24, 2.45) is 0 Å². The number of rotatable bonds is 7. The Balaban J connectivity index is 1.52. The molecule has 7 heteroatoms. The fourth-order valence-corrected chi connectivity index (χ4v) is 3.71. The predicted molar refractivity (Wildman–Crippen MR) is 120 cm³/mol. The molecule has 28 heavy (non-hydrogen) atoms. The molecule has 1 amide bonds. The Hall–Kier alpha value is -2.25. The summed E-state index contributed by atoms with van der Waals surface area (Å²) >= 11 is 4.86. The third-order valence-electron chi connectivity index (χ3n) is 4.34. The Morgan fingerprint density at radius 3 is 2.39 bits per heavy atom. The van der Waals surface area contributed by atoms with Crippen LogP contribution in [-0.4, -0.2) is 47.7 Å². The molecule has 0 saturated heterocycles. The summed E-state index contributed by atoms with van der Waals surface area (Å²) in [4.78, 5) is 23.9. The molecule has 0 radical (unpaired) electrons. The van der Waals surface area contributed by atoms with Crippen molar-refractivity contribution in [3.05, 3.63) is 64.8 Å². The second-order valence-corrected chi connectivity index (χ2v) is 8.59. The average Bonchev–Trinajstić information content (AvgIpc) is 3.16. The van der Waals surface area contributed by atoms with Gasteiger partial charge in [0.25, 0.3) is 0 Å². The highest BCUT2D eigenvalue weighted by Gasteiger charge is 2.12. The van der Waals surface area contributed by atoms with E-state index in [4.69, 9.17) is 0 Å². The number of aromatic amines is 1. The van der Waals surface area contributed by atoms with Crippen LogP contribution in [0.4, 0.5) is 5.69 Å². The standard InChI is InChI=1S/C21H23BrN4OS/c1-25(2)18-10-4-15(5-11-18)13-26(3)20(27)14-28-21-23-12-19(24-21)16-6-8-17(22)9-7-16/h4-12H,13-14H2,1-3H3,(H,23,24). The smallest absolute Gasteiger partial charge is 0.233 e. The molecule has 0 atom stereocenters. The summed E-state index contributed by atoms with van der Waals surface area (Å²) in [6, 6.07) is 16.3. The van der Waals surface area contributed by atoms with E-state index >= 15 is 0 Å². The van der Waals surface area contributed by atoms with Gasteiger partial charge in [0, 0.05) is 37.8 Å². The summed E-state index contributed by atoms with van der Waals surface area (Å²) in [7, 11) is 5.86. The van der Waals surface area contributed by atoms with E-state index in [9.17, 15) is 4.79 Å². The number of hydrogen-bond acceptors (Lipinski definition) is 4. The molecule has 0 aliphatic rings. The second-order valence-electron chi connectivity index (χ2n) is 6.71. The predicted octanol–water partition coefficient (Wildman–Crippen LogP) is 4.66. The zero-order valence-corrected chi connectivity index (χ0v) is 18.5. The molecule has 0 aliphatic heterocycles. The average molecular weight is 459 g/mol. The Kier molecular flexibility index (Phi) is 6.80. The molecule has 0 saturated carbocycles. The van der Waals surface area contributed by atoms with Gasteiger partial charge in [-0.3, -0.25) is 4.79 Å². The molecule has 5 nitrogen and oxygen atoms in total. The molecule has 1 heterocycles. The number of carbonyl (C=O) groups is 1. The van der Waals surface area contributed by atoms with E-state index < -0.39 is 0 Å². The number of aromatic nitrogens is 2. The SMILES string of the molecule is CN(Cc1ccc(N(C)C)cc1)C(=O)CSc1ncc(-c2ccc(Br)cc2)[nH]1. The van der Waals surface area contributed by atoms with Gasteiger partial charge in [0.2, 0.25) is 5.91 Å². The van der Waals surface area contributed by atoms with Crippen molar-refractivity contribution in [1.82, 2.24) is 14.9 Å². The third-order valence-corrected chi connectivity index (χ3v) is 5.74. The quantitative estimate of drug-likeness (QED) is 0.523. The highest BCUT2D eigenvalue weighted by Crippen LogP contribution is 2.23. The van der Waals surface area contributed by atoms with E-state index in [-0.39, 0.29) is 5.91 Å². The number of benzene rings is 2. The lowest BCUT2D eigenvalue weighted by atomic mass is 10.2. The lowest BCUT2D eigenvalue weighted by Gasteiger charge is -2.18.